The number of hydrogen-bond donors (Lipinski definition) is 1. The van der Waals surface area contributed by atoms with Crippen LogP contribution in [0, 0.1) is 17.6 Å². The third-order valence-electron chi connectivity index (χ3n) is 3.45. The highest BCUT2D eigenvalue weighted by Crippen LogP contribution is 2.23. The average Bonchev–Trinajstić information content (AvgIpc) is 2.33. The lowest BCUT2D eigenvalue weighted by Gasteiger charge is -2.33. The summed E-state index contributed by atoms with van der Waals surface area (Å²) >= 11 is 0. The van der Waals surface area contributed by atoms with Crippen LogP contribution in [0.5, 0.6) is 0 Å². The van der Waals surface area contributed by atoms with E-state index >= 15 is 0 Å². The Labute approximate surface area is 107 Å². The molecule has 18 heavy (non-hydrogen) atoms. The molecule has 2 nitrogen and oxygen atoms in total. The highest BCUT2D eigenvalue weighted by atomic mass is 19.2. The second-order valence-electron chi connectivity index (χ2n) is 5.22. The summed E-state index contributed by atoms with van der Waals surface area (Å²) in [6.07, 6.45) is 0.933. The van der Waals surface area contributed by atoms with Gasteiger partial charge in [-0.25, -0.2) is 8.78 Å². The molecule has 2 unspecified atom stereocenters. The van der Waals surface area contributed by atoms with Crippen molar-refractivity contribution in [2.45, 2.75) is 26.3 Å². The van der Waals surface area contributed by atoms with E-state index in [0.717, 1.165) is 32.1 Å². The lowest BCUT2D eigenvalue weighted by Crippen LogP contribution is -2.42. The van der Waals surface area contributed by atoms with Gasteiger partial charge in [-0.3, -0.25) is 0 Å². The molecule has 1 aromatic rings. The molecule has 1 N–H and O–H groups in total. The van der Waals surface area contributed by atoms with Gasteiger partial charge in [-0.2, -0.15) is 0 Å². The number of halogens is 2. The molecule has 0 amide bonds. The normalized spacial score (nSPS) is 25.7. The Morgan fingerprint density at radius 1 is 1.28 bits per heavy atom. The van der Waals surface area contributed by atoms with Crippen LogP contribution in [-0.2, 0) is 0 Å². The van der Waals surface area contributed by atoms with E-state index in [1.54, 1.807) is 12.1 Å². The number of nitrogens with zero attached hydrogens (tertiary/aromatic N) is 1. The first-order valence-corrected chi connectivity index (χ1v) is 6.50. The van der Waals surface area contributed by atoms with Crippen molar-refractivity contribution < 1.29 is 8.78 Å². The molecule has 0 bridgehead atoms. The van der Waals surface area contributed by atoms with Crippen molar-refractivity contribution >= 4 is 5.69 Å². The van der Waals surface area contributed by atoms with Crippen molar-refractivity contribution in [2.24, 2.45) is 5.92 Å². The van der Waals surface area contributed by atoms with E-state index in [4.69, 9.17) is 0 Å². The van der Waals surface area contributed by atoms with Crippen molar-refractivity contribution in [2.75, 3.05) is 24.5 Å². The molecule has 0 radical (unpaired) electrons. The van der Waals surface area contributed by atoms with Crippen LogP contribution >= 0.6 is 0 Å². The van der Waals surface area contributed by atoms with Crippen LogP contribution in [0.1, 0.15) is 20.3 Å². The Morgan fingerprint density at radius 2 is 2.06 bits per heavy atom. The highest BCUT2D eigenvalue weighted by molar-refractivity contribution is 5.48. The van der Waals surface area contributed by atoms with Crippen LogP contribution < -0.4 is 10.2 Å². The number of rotatable bonds is 1. The third-order valence-corrected chi connectivity index (χ3v) is 3.45. The fourth-order valence-electron chi connectivity index (χ4n) is 2.34. The Hall–Kier alpha value is -1.16. The van der Waals surface area contributed by atoms with Gasteiger partial charge < -0.3 is 10.2 Å². The lowest BCUT2D eigenvalue weighted by molar-refractivity contribution is 0.406. The molecule has 1 saturated heterocycles. The first kappa shape index (κ1) is 13.3. The summed E-state index contributed by atoms with van der Waals surface area (Å²) in [5.41, 5.74) is 0.385. The van der Waals surface area contributed by atoms with Gasteiger partial charge in [0.15, 0.2) is 11.6 Å². The summed E-state index contributed by atoms with van der Waals surface area (Å²) in [5.74, 6) is -1.09. The van der Waals surface area contributed by atoms with E-state index in [9.17, 15) is 8.78 Å². The maximum Gasteiger partial charge on any atom is 0.182 e. The monoisotopic (exact) mass is 254 g/mol. The van der Waals surface area contributed by atoms with Crippen LogP contribution in [0.3, 0.4) is 0 Å². The Balaban J connectivity index is 2.21. The van der Waals surface area contributed by atoms with Gasteiger partial charge in [0.05, 0.1) is 5.69 Å². The summed E-state index contributed by atoms with van der Waals surface area (Å²) in [5, 5.41) is 3.44. The zero-order valence-electron chi connectivity index (χ0n) is 10.9. The standard InChI is InChI=1S/C14H20F2N2/c1-10-8-17-11(2)6-7-18(9-10)13-5-3-4-12(15)14(13)16/h3-5,10-11,17H,6-9H2,1-2H3. The second kappa shape index (κ2) is 5.65. The predicted molar refractivity (Wildman–Crippen MR) is 69.8 cm³/mol. The summed E-state index contributed by atoms with van der Waals surface area (Å²) in [6.45, 7) is 6.65. The predicted octanol–water partition coefficient (Wildman–Crippen LogP) is 2.79. The molecule has 100 valence electrons. The molecule has 1 heterocycles. The largest absolute Gasteiger partial charge is 0.369 e. The average molecular weight is 254 g/mol. The van der Waals surface area contributed by atoms with Gasteiger partial charge in [0, 0.05) is 19.1 Å². The van der Waals surface area contributed by atoms with E-state index in [2.05, 4.69) is 19.2 Å². The fraction of sp³-hybridized carbons (Fsp3) is 0.571. The van der Waals surface area contributed by atoms with Crippen LogP contribution in [0.4, 0.5) is 14.5 Å². The van der Waals surface area contributed by atoms with Crippen molar-refractivity contribution in [1.82, 2.24) is 5.32 Å². The molecular weight excluding hydrogens is 234 g/mol. The van der Waals surface area contributed by atoms with E-state index in [1.807, 2.05) is 4.90 Å². The minimum atomic E-state index is -0.770. The SMILES string of the molecule is CC1CNC(C)CCN(c2cccc(F)c2F)C1. The van der Waals surface area contributed by atoms with Crippen LogP contribution in [0.15, 0.2) is 18.2 Å². The summed E-state index contributed by atoms with van der Waals surface area (Å²) in [6, 6.07) is 4.80. The van der Waals surface area contributed by atoms with Gasteiger partial charge in [-0.1, -0.05) is 13.0 Å². The Bertz CT molecular complexity index is 409. The van der Waals surface area contributed by atoms with Crippen molar-refractivity contribution in [3.05, 3.63) is 29.8 Å². The molecule has 1 fully saturated rings. The van der Waals surface area contributed by atoms with E-state index < -0.39 is 11.6 Å². The topological polar surface area (TPSA) is 15.3 Å². The number of hydrogen-bond acceptors (Lipinski definition) is 2. The summed E-state index contributed by atoms with van der Waals surface area (Å²) in [7, 11) is 0. The fourth-order valence-corrected chi connectivity index (χ4v) is 2.34. The van der Waals surface area contributed by atoms with E-state index in [1.165, 1.54) is 0 Å². The first-order chi connectivity index (χ1) is 8.58. The smallest absolute Gasteiger partial charge is 0.182 e. The molecule has 4 heteroatoms. The Morgan fingerprint density at radius 3 is 2.83 bits per heavy atom. The van der Waals surface area contributed by atoms with Crippen molar-refractivity contribution in [3.63, 3.8) is 0 Å². The lowest BCUT2D eigenvalue weighted by atomic mass is 10.1. The second-order valence-corrected chi connectivity index (χ2v) is 5.22. The number of anilines is 1. The molecular formula is C14H20F2N2. The summed E-state index contributed by atoms with van der Waals surface area (Å²) < 4.78 is 27.1. The molecule has 1 aromatic carbocycles. The van der Waals surface area contributed by atoms with E-state index in [0.29, 0.717) is 17.6 Å². The molecule has 0 aliphatic carbocycles. The summed E-state index contributed by atoms with van der Waals surface area (Å²) in [4.78, 5) is 1.96. The third kappa shape index (κ3) is 2.99. The molecule has 2 atom stereocenters. The van der Waals surface area contributed by atoms with Crippen molar-refractivity contribution in [1.29, 1.82) is 0 Å². The highest BCUT2D eigenvalue weighted by Gasteiger charge is 2.20. The minimum absolute atomic E-state index is 0.385. The van der Waals surface area contributed by atoms with Gasteiger partial charge in [0.1, 0.15) is 0 Å². The molecule has 0 saturated carbocycles. The van der Waals surface area contributed by atoms with Gasteiger partial charge in [0.2, 0.25) is 0 Å². The molecule has 0 spiro atoms. The zero-order chi connectivity index (χ0) is 13.1. The molecule has 1 aliphatic heterocycles. The van der Waals surface area contributed by atoms with Crippen LogP contribution in [0.25, 0.3) is 0 Å². The quantitative estimate of drug-likeness (QED) is 0.829. The van der Waals surface area contributed by atoms with Gasteiger partial charge in [0.25, 0.3) is 0 Å². The van der Waals surface area contributed by atoms with Gasteiger partial charge in [-0.05, 0) is 37.9 Å². The molecule has 0 aromatic heterocycles. The zero-order valence-corrected chi connectivity index (χ0v) is 10.9. The minimum Gasteiger partial charge on any atom is -0.369 e. The van der Waals surface area contributed by atoms with Gasteiger partial charge in [-0.15, -0.1) is 0 Å². The number of nitrogens with one attached hydrogen (secondary N) is 1. The van der Waals surface area contributed by atoms with Crippen molar-refractivity contribution in [3.8, 4) is 0 Å². The van der Waals surface area contributed by atoms with Crippen LogP contribution in [-0.4, -0.2) is 25.7 Å². The van der Waals surface area contributed by atoms with Gasteiger partial charge >= 0.3 is 0 Å². The Kier molecular flexibility index (Phi) is 4.17. The number of benzene rings is 1. The maximum atomic E-state index is 13.8. The molecule has 2 rings (SSSR count). The first-order valence-electron chi connectivity index (χ1n) is 6.50. The van der Waals surface area contributed by atoms with E-state index in [-0.39, 0.29) is 0 Å². The van der Waals surface area contributed by atoms with Crippen LogP contribution in [0.2, 0.25) is 0 Å². The maximum absolute atomic E-state index is 13.8. The molecule has 1 aliphatic rings.